The van der Waals surface area contributed by atoms with Crippen molar-refractivity contribution in [1.29, 1.82) is 0 Å². The van der Waals surface area contributed by atoms with Crippen LogP contribution in [0, 0.1) is 6.92 Å². The fraction of sp³-hybridized carbons (Fsp3) is 0.278. The van der Waals surface area contributed by atoms with Crippen LogP contribution >= 0.6 is 11.6 Å². The SMILES string of the molecule is Cc1ccc(Cl)cc1S(=O)(=O)N1CCN(c2nc3ccccc3[nH]2)CC1. The number of anilines is 1. The molecule has 0 bridgehead atoms. The minimum Gasteiger partial charge on any atom is -0.340 e. The van der Waals surface area contributed by atoms with Gasteiger partial charge in [0.1, 0.15) is 0 Å². The summed E-state index contributed by atoms with van der Waals surface area (Å²) in [7, 11) is -3.55. The summed E-state index contributed by atoms with van der Waals surface area (Å²) in [6.07, 6.45) is 0. The summed E-state index contributed by atoms with van der Waals surface area (Å²) in [4.78, 5) is 10.2. The van der Waals surface area contributed by atoms with Crippen LogP contribution in [0.5, 0.6) is 0 Å². The Morgan fingerprint density at radius 1 is 1.08 bits per heavy atom. The minimum atomic E-state index is -3.55. The highest BCUT2D eigenvalue weighted by Gasteiger charge is 2.30. The normalized spacial score (nSPS) is 16.3. The average Bonchev–Trinajstić information content (AvgIpc) is 3.08. The van der Waals surface area contributed by atoms with Crippen molar-refractivity contribution in [3.63, 3.8) is 0 Å². The molecular formula is C18H19ClN4O2S. The van der Waals surface area contributed by atoms with Crippen LogP contribution < -0.4 is 4.90 Å². The molecule has 136 valence electrons. The van der Waals surface area contributed by atoms with E-state index in [0.29, 0.717) is 36.8 Å². The molecule has 0 amide bonds. The summed E-state index contributed by atoms with van der Waals surface area (Å²) in [5.74, 6) is 0.780. The molecule has 6 nitrogen and oxygen atoms in total. The second kappa shape index (κ2) is 6.57. The number of hydrogen-bond acceptors (Lipinski definition) is 4. The lowest BCUT2D eigenvalue weighted by Crippen LogP contribution is -2.49. The van der Waals surface area contributed by atoms with Gasteiger partial charge in [-0.1, -0.05) is 29.8 Å². The first kappa shape index (κ1) is 17.3. The van der Waals surface area contributed by atoms with Gasteiger partial charge in [-0.25, -0.2) is 13.4 Å². The summed E-state index contributed by atoms with van der Waals surface area (Å²) in [5.41, 5.74) is 2.59. The Balaban J connectivity index is 1.53. The Hall–Kier alpha value is -2.09. The monoisotopic (exact) mass is 390 g/mol. The van der Waals surface area contributed by atoms with Gasteiger partial charge in [0.15, 0.2) is 0 Å². The highest BCUT2D eigenvalue weighted by Crippen LogP contribution is 2.25. The van der Waals surface area contributed by atoms with E-state index in [-0.39, 0.29) is 4.90 Å². The first-order chi connectivity index (χ1) is 12.4. The molecule has 3 aromatic rings. The second-order valence-electron chi connectivity index (χ2n) is 6.38. The van der Waals surface area contributed by atoms with Crippen LogP contribution in [0.3, 0.4) is 0 Å². The molecule has 0 atom stereocenters. The highest BCUT2D eigenvalue weighted by molar-refractivity contribution is 7.89. The summed E-state index contributed by atoms with van der Waals surface area (Å²) in [5, 5.41) is 0.426. The number of halogens is 1. The van der Waals surface area contributed by atoms with Gasteiger partial charge in [-0.15, -0.1) is 0 Å². The van der Waals surface area contributed by atoms with E-state index in [2.05, 4.69) is 14.9 Å². The summed E-state index contributed by atoms with van der Waals surface area (Å²) < 4.78 is 27.5. The van der Waals surface area contributed by atoms with Crippen molar-refractivity contribution in [2.24, 2.45) is 0 Å². The number of nitrogens with zero attached hydrogens (tertiary/aromatic N) is 3. The van der Waals surface area contributed by atoms with Crippen molar-refractivity contribution in [3.05, 3.63) is 53.1 Å². The maximum atomic E-state index is 13.0. The average molecular weight is 391 g/mol. The van der Waals surface area contributed by atoms with Crippen molar-refractivity contribution >= 4 is 38.6 Å². The van der Waals surface area contributed by atoms with Gasteiger partial charge in [-0.05, 0) is 36.8 Å². The standard InChI is InChI=1S/C18H19ClN4O2S/c1-13-6-7-14(19)12-17(13)26(24,25)23-10-8-22(9-11-23)18-20-15-4-2-3-5-16(15)21-18/h2-7,12H,8-11H2,1H3,(H,20,21). The molecule has 0 saturated carbocycles. The van der Waals surface area contributed by atoms with E-state index >= 15 is 0 Å². The number of H-pyrrole nitrogens is 1. The fourth-order valence-corrected chi connectivity index (χ4v) is 5.13. The molecule has 1 aromatic heterocycles. The maximum Gasteiger partial charge on any atom is 0.243 e. The van der Waals surface area contributed by atoms with E-state index in [1.807, 2.05) is 24.3 Å². The Kier molecular flexibility index (Phi) is 4.38. The Bertz CT molecular complexity index is 1020. The van der Waals surface area contributed by atoms with Crippen molar-refractivity contribution in [1.82, 2.24) is 14.3 Å². The van der Waals surface area contributed by atoms with Gasteiger partial charge in [0, 0.05) is 31.2 Å². The lowest BCUT2D eigenvalue weighted by Gasteiger charge is -2.34. The third kappa shape index (κ3) is 3.06. The zero-order valence-electron chi connectivity index (χ0n) is 14.3. The van der Waals surface area contributed by atoms with E-state index in [4.69, 9.17) is 11.6 Å². The van der Waals surface area contributed by atoms with Crippen LogP contribution in [0.2, 0.25) is 5.02 Å². The Morgan fingerprint density at radius 2 is 1.81 bits per heavy atom. The molecule has 2 heterocycles. The van der Waals surface area contributed by atoms with Crippen LogP contribution in [0.15, 0.2) is 47.4 Å². The largest absolute Gasteiger partial charge is 0.340 e. The van der Waals surface area contributed by atoms with Crippen LogP contribution in [-0.2, 0) is 10.0 Å². The van der Waals surface area contributed by atoms with Crippen molar-refractivity contribution in [2.45, 2.75) is 11.8 Å². The number of hydrogen-bond donors (Lipinski definition) is 1. The highest BCUT2D eigenvalue weighted by atomic mass is 35.5. The molecule has 1 N–H and O–H groups in total. The number of aromatic nitrogens is 2. The molecule has 0 unspecified atom stereocenters. The zero-order valence-corrected chi connectivity index (χ0v) is 15.9. The molecule has 1 saturated heterocycles. The van der Waals surface area contributed by atoms with Gasteiger partial charge >= 0.3 is 0 Å². The lowest BCUT2D eigenvalue weighted by atomic mass is 10.2. The lowest BCUT2D eigenvalue weighted by molar-refractivity contribution is 0.383. The Labute approximate surface area is 157 Å². The summed E-state index contributed by atoms with van der Waals surface area (Å²) >= 11 is 6.00. The molecule has 1 aliphatic rings. The van der Waals surface area contributed by atoms with Gasteiger partial charge in [-0.2, -0.15) is 4.31 Å². The van der Waals surface area contributed by atoms with E-state index < -0.39 is 10.0 Å². The molecule has 0 aliphatic carbocycles. The van der Waals surface area contributed by atoms with E-state index in [1.165, 1.54) is 10.4 Å². The van der Waals surface area contributed by atoms with Crippen LogP contribution in [0.4, 0.5) is 5.95 Å². The number of sulfonamides is 1. The predicted octanol–water partition coefficient (Wildman–Crippen LogP) is 3.04. The molecule has 1 fully saturated rings. The number of aryl methyl sites for hydroxylation is 1. The summed E-state index contributed by atoms with van der Waals surface area (Å²) in [6, 6.07) is 12.8. The van der Waals surface area contributed by atoms with Gasteiger partial charge in [0.25, 0.3) is 0 Å². The molecule has 4 rings (SSSR count). The zero-order chi connectivity index (χ0) is 18.3. The number of nitrogens with one attached hydrogen (secondary N) is 1. The summed E-state index contributed by atoms with van der Waals surface area (Å²) in [6.45, 7) is 3.77. The number of para-hydroxylation sites is 2. The van der Waals surface area contributed by atoms with Gasteiger partial charge in [-0.3, -0.25) is 0 Å². The van der Waals surface area contributed by atoms with Crippen LogP contribution in [0.25, 0.3) is 11.0 Å². The van der Waals surface area contributed by atoms with Crippen LogP contribution in [-0.4, -0.2) is 48.9 Å². The predicted molar refractivity (Wildman–Crippen MR) is 103 cm³/mol. The Morgan fingerprint density at radius 3 is 2.54 bits per heavy atom. The number of piperazine rings is 1. The molecular weight excluding hydrogens is 372 g/mol. The van der Waals surface area contributed by atoms with E-state index in [1.54, 1.807) is 19.1 Å². The third-order valence-corrected chi connectivity index (χ3v) is 6.96. The number of benzene rings is 2. The molecule has 1 aliphatic heterocycles. The first-order valence-electron chi connectivity index (χ1n) is 8.41. The number of aromatic amines is 1. The smallest absolute Gasteiger partial charge is 0.243 e. The van der Waals surface area contributed by atoms with Gasteiger partial charge < -0.3 is 9.88 Å². The second-order valence-corrected chi connectivity index (χ2v) is 8.72. The van der Waals surface area contributed by atoms with E-state index in [0.717, 1.165) is 17.0 Å². The fourth-order valence-electron chi connectivity index (χ4n) is 3.22. The molecule has 0 radical (unpaired) electrons. The molecule has 26 heavy (non-hydrogen) atoms. The molecule has 2 aromatic carbocycles. The first-order valence-corrected chi connectivity index (χ1v) is 10.2. The van der Waals surface area contributed by atoms with Crippen molar-refractivity contribution in [2.75, 3.05) is 31.1 Å². The minimum absolute atomic E-state index is 0.280. The van der Waals surface area contributed by atoms with Crippen molar-refractivity contribution < 1.29 is 8.42 Å². The van der Waals surface area contributed by atoms with E-state index in [9.17, 15) is 8.42 Å². The topological polar surface area (TPSA) is 69.3 Å². The molecule has 0 spiro atoms. The van der Waals surface area contributed by atoms with Crippen LogP contribution in [0.1, 0.15) is 5.56 Å². The van der Waals surface area contributed by atoms with Gasteiger partial charge in [0.2, 0.25) is 16.0 Å². The number of fused-ring (bicyclic) bond motifs is 1. The third-order valence-electron chi connectivity index (χ3n) is 4.68. The molecule has 8 heteroatoms. The quantitative estimate of drug-likeness (QED) is 0.746. The van der Waals surface area contributed by atoms with Gasteiger partial charge in [0.05, 0.1) is 15.9 Å². The number of imidazole rings is 1. The maximum absolute atomic E-state index is 13.0. The van der Waals surface area contributed by atoms with Crippen molar-refractivity contribution in [3.8, 4) is 0 Å². The number of rotatable bonds is 3.